The largest absolute Gasteiger partial charge is 0.311 e. The number of rotatable bonds is 7. The zero-order valence-electron chi connectivity index (χ0n) is 31.5. The smallest absolute Gasteiger partial charge is 0.252 e. The van der Waals surface area contributed by atoms with Crippen LogP contribution in [0.2, 0.25) is 0 Å². The molecule has 0 bridgehead atoms. The SMILES string of the molecule is CCc1ccc(N2c3ccc(CC)cc3B3c4cc(CC)ccc4N(c4ccc(CC)cc4-c4ccc5c(c4)sc4ccccc45)c4cccc2c43)cc1. The highest BCUT2D eigenvalue weighted by Gasteiger charge is 2.43. The summed E-state index contributed by atoms with van der Waals surface area (Å²) >= 11 is 1.89. The molecule has 0 radical (unpaired) electrons. The summed E-state index contributed by atoms with van der Waals surface area (Å²) in [5.41, 5.74) is 19.6. The van der Waals surface area contributed by atoms with Crippen molar-refractivity contribution in [2.75, 3.05) is 9.80 Å². The summed E-state index contributed by atoms with van der Waals surface area (Å²) in [4.78, 5) is 5.11. The number of hydrogen-bond donors (Lipinski definition) is 0. The summed E-state index contributed by atoms with van der Waals surface area (Å²) in [6, 6.07) is 53.7. The van der Waals surface area contributed by atoms with Gasteiger partial charge in [-0.15, -0.1) is 11.3 Å². The van der Waals surface area contributed by atoms with Crippen LogP contribution in [0.1, 0.15) is 49.9 Å². The van der Waals surface area contributed by atoms with Crippen molar-refractivity contribution in [2.45, 2.75) is 53.4 Å². The Kier molecular flexibility index (Phi) is 8.00. The summed E-state index contributed by atoms with van der Waals surface area (Å²) in [6.45, 7) is 9.16. The van der Waals surface area contributed by atoms with Gasteiger partial charge in [-0.05, 0) is 131 Å². The molecule has 0 atom stereocenters. The Bertz CT molecular complexity index is 2740. The molecule has 10 rings (SSSR count). The fourth-order valence-corrected chi connectivity index (χ4v) is 10.2. The molecule has 1 aromatic heterocycles. The van der Waals surface area contributed by atoms with Crippen LogP contribution in [0.25, 0.3) is 31.3 Å². The van der Waals surface area contributed by atoms with Crippen molar-refractivity contribution in [3.63, 3.8) is 0 Å². The lowest BCUT2D eigenvalue weighted by Gasteiger charge is -2.44. The second-order valence-corrected chi connectivity index (χ2v) is 15.9. The molecule has 2 nitrogen and oxygen atoms in total. The molecule has 8 aromatic rings. The standard InChI is InChI=1S/C50H43BN2S/c1-5-32-16-22-37(23-17-32)52-44-26-19-34(7-3)29-41(44)51-42-30-35(8-4)20-27-45(42)53(47-14-11-13-46(52)50(47)51)43-25-18-33(6-2)28-40(43)36-21-24-39-38-12-9-10-15-48(38)54-49(39)31-36/h9-31H,5-8H2,1-4H3. The fraction of sp³-hybridized carbons (Fsp3) is 0.160. The van der Waals surface area contributed by atoms with Gasteiger partial charge in [0.25, 0.3) is 6.71 Å². The van der Waals surface area contributed by atoms with E-state index in [1.54, 1.807) is 0 Å². The average molecular weight is 715 g/mol. The maximum Gasteiger partial charge on any atom is 0.252 e. The molecule has 2 aliphatic heterocycles. The highest BCUT2D eigenvalue weighted by atomic mass is 32.1. The predicted molar refractivity (Wildman–Crippen MR) is 236 cm³/mol. The Hall–Kier alpha value is -5.58. The van der Waals surface area contributed by atoms with Gasteiger partial charge in [-0.3, -0.25) is 0 Å². The summed E-state index contributed by atoms with van der Waals surface area (Å²) in [6.07, 6.45) is 4.02. The second kappa shape index (κ2) is 13.1. The third-order valence-corrected chi connectivity index (χ3v) is 13.1. The van der Waals surface area contributed by atoms with Crippen LogP contribution in [-0.4, -0.2) is 6.71 Å². The first-order valence-electron chi connectivity index (χ1n) is 19.7. The molecule has 7 aromatic carbocycles. The van der Waals surface area contributed by atoms with Gasteiger partial charge in [-0.1, -0.05) is 107 Å². The average Bonchev–Trinajstić information content (AvgIpc) is 3.61. The third kappa shape index (κ3) is 5.07. The Morgan fingerprint density at radius 1 is 0.444 bits per heavy atom. The van der Waals surface area contributed by atoms with Crippen molar-refractivity contribution < 1.29 is 0 Å². The van der Waals surface area contributed by atoms with Crippen molar-refractivity contribution in [2.24, 2.45) is 0 Å². The highest BCUT2D eigenvalue weighted by molar-refractivity contribution is 7.25. The molecule has 0 unspecified atom stereocenters. The number of hydrogen-bond acceptors (Lipinski definition) is 3. The molecular formula is C50H43BN2S. The second-order valence-electron chi connectivity index (χ2n) is 14.8. The molecule has 4 heteroatoms. The van der Waals surface area contributed by atoms with Gasteiger partial charge in [0.15, 0.2) is 0 Å². The molecule has 0 amide bonds. The van der Waals surface area contributed by atoms with Crippen molar-refractivity contribution in [1.82, 2.24) is 0 Å². The van der Waals surface area contributed by atoms with Crippen LogP contribution < -0.4 is 26.2 Å². The maximum atomic E-state index is 2.58. The Morgan fingerprint density at radius 3 is 1.70 bits per heavy atom. The van der Waals surface area contributed by atoms with Crippen LogP contribution in [0.5, 0.6) is 0 Å². The molecule has 0 N–H and O–H groups in total. The molecule has 3 heterocycles. The van der Waals surface area contributed by atoms with Gasteiger partial charge in [0.1, 0.15) is 0 Å². The number of benzene rings is 7. The number of fused-ring (bicyclic) bond motifs is 7. The van der Waals surface area contributed by atoms with E-state index in [1.165, 1.54) is 104 Å². The van der Waals surface area contributed by atoms with Crippen LogP contribution >= 0.6 is 11.3 Å². The van der Waals surface area contributed by atoms with Crippen LogP contribution in [-0.2, 0) is 25.7 Å². The van der Waals surface area contributed by atoms with Gasteiger partial charge < -0.3 is 9.80 Å². The van der Waals surface area contributed by atoms with E-state index >= 15 is 0 Å². The maximum absolute atomic E-state index is 2.58. The molecular weight excluding hydrogens is 671 g/mol. The van der Waals surface area contributed by atoms with Crippen molar-refractivity contribution in [1.29, 1.82) is 0 Å². The molecule has 54 heavy (non-hydrogen) atoms. The van der Waals surface area contributed by atoms with E-state index in [-0.39, 0.29) is 6.71 Å². The van der Waals surface area contributed by atoms with E-state index in [4.69, 9.17) is 0 Å². The molecule has 0 spiro atoms. The van der Waals surface area contributed by atoms with Crippen LogP contribution in [0, 0.1) is 0 Å². The predicted octanol–water partition coefficient (Wildman–Crippen LogP) is 12.1. The van der Waals surface area contributed by atoms with Gasteiger partial charge >= 0.3 is 0 Å². The van der Waals surface area contributed by atoms with Gasteiger partial charge in [-0.2, -0.15) is 0 Å². The lowest BCUT2D eigenvalue weighted by molar-refractivity contribution is 1.13. The Balaban J connectivity index is 1.25. The molecule has 0 fully saturated rings. The van der Waals surface area contributed by atoms with E-state index in [9.17, 15) is 0 Å². The first kappa shape index (κ1) is 33.0. The normalized spacial score (nSPS) is 13.0. The first-order valence-corrected chi connectivity index (χ1v) is 20.5. The number of nitrogens with zero attached hydrogens (tertiary/aromatic N) is 2. The first-order chi connectivity index (χ1) is 26.6. The lowest BCUT2D eigenvalue weighted by atomic mass is 9.33. The van der Waals surface area contributed by atoms with Gasteiger partial charge in [0.2, 0.25) is 0 Å². The fourth-order valence-electron chi connectivity index (χ4n) is 9.02. The van der Waals surface area contributed by atoms with Crippen LogP contribution in [0.3, 0.4) is 0 Å². The van der Waals surface area contributed by atoms with Gasteiger partial charge in [0, 0.05) is 54.2 Å². The van der Waals surface area contributed by atoms with E-state index < -0.39 is 0 Å². The zero-order valence-corrected chi connectivity index (χ0v) is 32.3. The quantitative estimate of drug-likeness (QED) is 0.152. The Labute approximate surface area is 323 Å². The minimum Gasteiger partial charge on any atom is -0.311 e. The van der Waals surface area contributed by atoms with Gasteiger partial charge in [0.05, 0.1) is 5.69 Å². The molecule has 0 saturated heterocycles. The molecule has 2 aliphatic rings. The monoisotopic (exact) mass is 714 g/mol. The molecule has 0 saturated carbocycles. The third-order valence-electron chi connectivity index (χ3n) is 11.9. The number of thiophene rings is 1. The minimum atomic E-state index is 0.120. The van der Waals surface area contributed by atoms with E-state index in [0.717, 1.165) is 25.7 Å². The minimum absolute atomic E-state index is 0.120. The lowest BCUT2D eigenvalue weighted by Crippen LogP contribution is -2.61. The van der Waals surface area contributed by atoms with Crippen LogP contribution in [0.15, 0.2) is 140 Å². The van der Waals surface area contributed by atoms with E-state index in [2.05, 4.69) is 177 Å². The Morgan fingerprint density at radius 2 is 1.02 bits per heavy atom. The number of anilines is 6. The van der Waals surface area contributed by atoms with E-state index in [1.807, 2.05) is 11.3 Å². The van der Waals surface area contributed by atoms with E-state index in [0.29, 0.717) is 0 Å². The molecule has 262 valence electrons. The van der Waals surface area contributed by atoms with Crippen molar-refractivity contribution in [3.05, 3.63) is 162 Å². The molecule has 0 aliphatic carbocycles. The summed E-state index contributed by atoms with van der Waals surface area (Å²) in [5.74, 6) is 0. The number of aryl methyl sites for hydroxylation is 4. The van der Waals surface area contributed by atoms with Gasteiger partial charge in [-0.25, -0.2) is 0 Å². The zero-order chi connectivity index (χ0) is 36.5. The summed E-state index contributed by atoms with van der Waals surface area (Å²) < 4.78 is 2.67. The highest BCUT2D eigenvalue weighted by Crippen LogP contribution is 2.47. The van der Waals surface area contributed by atoms with Crippen molar-refractivity contribution in [3.8, 4) is 11.1 Å². The topological polar surface area (TPSA) is 6.48 Å². The summed E-state index contributed by atoms with van der Waals surface area (Å²) in [7, 11) is 0. The van der Waals surface area contributed by atoms with Crippen molar-refractivity contribution >= 4 is 88.7 Å². The van der Waals surface area contributed by atoms with Crippen LogP contribution in [0.4, 0.5) is 34.1 Å². The summed E-state index contributed by atoms with van der Waals surface area (Å²) in [5, 5.41) is 2.67.